The summed E-state index contributed by atoms with van der Waals surface area (Å²) in [7, 11) is 1.85. The second-order valence-corrected chi connectivity index (χ2v) is 5.82. The Kier molecular flexibility index (Phi) is 4.66. The van der Waals surface area contributed by atoms with Crippen LogP contribution in [0.1, 0.15) is 25.0 Å². The van der Waals surface area contributed by atoms with Crippen molar-refractivity contribution in [2.24, 2.45) is 0 Å². The van der Waals surface area contributed by atoms with Crippen LogP contribution in [-0.4, -0.2) is 53.1 Å². The normalized spacial score (nSPS) is 18.3. The van der Waals surface area contributed by atoms with E-state index in [1.807, 2.05) is 45.2 Å². The van der Waals surface area contributed by atoms with E-state index in [1.165, 1.54) is 0 Å². The van der Waals surface area contributed by atoms with Crippen molar-refractivity contribution in [1.29, 1.82) is 0 Å². The lowest BCUT2D eigenvalue weighted by atomic mass is 9.96. The van der Waals surface area contributed by atoms with Crippen molar-refractivity contribution in [3.63, 3.8) is 0 Å². The molecule has 112 valence electrons. The molecular formula is C17H22N2O2. The van der Waals surface area contributed by atoms with Gasteiger partial charge in [0.05, 0.1) is 5.54 Å². The zero-order chi connectivity index (χ0) is 15.5. The lowest BCUT2D eigenvalue weighted by molar-refractivity contribution is -0.147. The van der Waals surface area contributed by atoms with E-state index in [4.69, 9.17) is 5.11 Å². The number of benzene rings is 1. The van der Waals surface area contributed by atoms with E-state index in [2.05, 4.69) is 16.7 Å². The van der Waals surface area contributed by atoms with Crippen molar-refractivity contribution in [2.75, 3.05) is 26.7 Å². The number of aliphatic hydroxyl groups excluding tert-OH is 1. The number of amides is 1. The zero-order valence-electron chi connectivity index (χ0n) is 12.9. The van der Waals surface area contributed by atoms with Gasteiger partial charge in [-0.2, -0.15) is 0 Å². The number of carbonyl (C=O) groups excluding carboxylic acids is 1. The minimum atomic E-state index is -0.509. The lowest BCUT2D eigenvalue weighted by Crippen LogP contribution is -2.61. The molecule has 1 aliphatic rings. The molecule has 0 bridgehead atoms. The minimum Gasteiger partial charge on any atom is -0.384 e. The van der Waals surface area contributed by atoms with Crippen LogP contribution in [-0.2, 0) is 11.3 Å². The number of nitrogens with zero attached hydrogens (tertiary/aromatic N) is 2. The predicted molar refractivity (Wildman–Crippen MR) is 82.5 cm³/mol. The van der Waals surface area contributed by atoms with Crippen molar-refractivity contribution in [3.8, 4) is 11.8 Å². The molecule has 1 saturated heterocycles. The number of hydrogen-bond acceptors (Lipinski definition) is 3. The number of likely N-dealkylation sites (N-methyl/N-ethyl adjacent to an activating group) is 1. The first-order chi connectivity index (χ1) is 9.96. The van der Waals surface area contributed by atoms with E-state index < -0.39 is 5.54 Å². The van der Waals surface area contributed by atoms with E-state index in [9.17, 15) is 4.79 Å². The standard InChI is InChI=1S/C17H22N2O2/c1-17(2)16(21)18(3)10-11-19(17)13-15-8-5-4-7-14(15)9-6-12-20/h4-5,7-8,20H,10-13H2,1-3H3. The first-order valence-corrected chi connectivity index (χ1v) is 7.15. The van der Waals surface area contributed by atoms with Crippen LogP contribution in [0.5, 0.6) is 0 Å². The molecule has 1 N–H and O–H groups in total. The molecule has 0 radical (unpaired) electrons. The lowest BCUT2D eigenvalue weighted by Gasteiger charge is -2.44. The van der Waals surface area contributed by atoms with Gasteiger partial charge in [0, 0.05) is 32.2 Å². The third-order valence-corrected chi connectivity index (χ3v) is 4.05. The Hall–Kier alpha value is -1.83. The molecule has 1 fully saturated rings. The van der Waals surface area contributed by atoms with Crippen LogP contribution in [0, 0.1) is 11.8 Å². The van der Waals surface area contributed by atoms with Gasteiger partial charge in [0.1, 0.15) is 6.61 Å². The summed E-state index contributed by atoms with van der Waals surface area (Å²) >= 11 is 0. The maximum Gasteiger partial charge on any atom is 0.242 e. The maximum absolute atomic E-state index is 12.3. The zero-order valence-corrected chi connectivity index (χ0v) is 12.9. The fourth-order valence-corrected chi connectivity index (χ4v) is 2.65. The van der Waals surface area contributed by atoms with Crippen molar-refractivity contribution in [1.82, 2.24) is 9.80 Å². The summed E-state index contributed by atoms with van der Waals surface area (Å²) in [6, 6.07) is 7.89. The second-order valence-electron chi connectivity index (χ2n) is 5.82. The van der Waals surface area contributed by atoms with Gasteiger partial charge in [-0.15, -0.1) is 0 Å². The van der Waals surface area contributed by atoms with Gasteiger partial charge in [-0.05, 0) is 25.5 Å². The van der Waals surface area contributed by atoms with Crippen molar-refractivity contribution >= 4 is 5.91 Å². The summed E-state index contributed by atoms with van der Waals surface area (Å²) in [5, 5.41) is 8.85. The number of carbonyl (C=O) groups is 1. The van der Waals surface area contributed by atoms with Crippen LogP contribution in [0.4, 0.5) is 0 Å². The summed E-state index contributed by atoms with van der Waals surface area (Å²) in [6.07, 6.45) is 0. The van der Waals surface area contributed by atoms with Gasteiger partial charge >= 0.3 is 0 Å². The molecule has 0 atom stereocenters. The summed E-state index contributed by atoms with van der Waals surface area (Å²) in [5.41, 5.74) is 1.49. The molecule has 0 saturated carbocycles. The van der Waals surface area contributed by atoms with Gasteiger partial charge < -0.3 is 10.0 Å². The highest BCUT2D eigenvalue weighted by molar-refractivity contribution is 5.86. The SMILES string of the molecule is CN1CCN(Cc2ccccc2C#CCO)C(C)(C)C1=O. The molecule has 0 unspecified atom stereocenters. The van der Waals surface area contributed by atoms with Crippen molar-refractivity contribution in [2.45, 2.75) is 25.9 Å². The van der Waals surface area contributed by atoms with Crippen LogP contribution < -0.4 is 0 Å². The van der Waals surface area contributed by atoms with Crippen molar-refractivity contribution < 1.29 is 9.90 Å². The van der Waals surface area contributed by atoms with Gasteiger partial charge in [-0.25, -0.2) is 0 Å². The maximum atomic E-state index is 12.3. The molecule has 1 amide bonds. The first-order valence-electron chi connectivity index (χ1n) is 7.15. The van der Waals surface area contributed by atoms with Crippen LogP contribution in [0.3, 0.4) is 0 Å². The molecule has 2 rings (SSSR count). The monoisotopic (exact) mass is 286 g/mol. The summed E-state index contributed by atoms with van der Waals surface area (Å²) in [5.74, 6) is 5.81. The van der Waals surface area contributed by atoms with Crippen LogP contribution in [0.25, 0.3) is 0 Å². The second kappa shape index (κ2) is 6.30. The Morgan fingerprint density at radius 1 is 1.29 bits per heavy atom. The summed E-state index contributed by atoms with van der Waals surface area (Å²) in [6.45, 7) is 6.06. The molecule has 0 aliphatic carbocycles. The summed E-state index contributed by atoms with van der Waals surface area (Å²) < 4.78 is 0. The molecule has 1 aromatic rings. The molecule has 21 heavy (non-hydrogen) atoms. The third kappa shape index (κ3) is 3.26. The molecule has 1 aromatic carbocycles. The minimum absolute atomic E-state index is 0.146. The van der Waals surface area contributed by atoms with Crippen LogP contribution in [0.2, 0.25) is 0 Å². The molecular weight excluding hydrogens is 264 g/mol. The first kappa shape index (κ1) is 15.6. The average molecular weight is 286 g/mol. The summed E-state index contributed by atoms with van der Waals surface area (Å²) in [4.78, 5) is 16.3. The van der Waals surface area contributed by atoms with Gasteiger partial charge in [-0.1, -0.05) is 30.0 Å². The highest BCUT2D eigenvalue weighted by Crippen LogP contribution is 2.24. The average Bonchev–Trinajstić information content (AvgIpc) is 2.47. The quantitative estimate of drug-likeness (QED) is 0.828. The topological polar surface area (TPSA) is 43.8 Å². The largest absolute Gasteiger partial charge is 0.384 e. The van der Waals surface area contributed by atoms with E-state index >= 15 is 0 Å². The molecule has 4 heteroatoms. The Morgan fingerprint density at radius 3 is 2.71 bits per heavy atom. The smallest absolute Gasteiger partial charge is 0.242 e. The third-order valence-electron chi connectivity index (χ3n) is 4.05. The van der Waals surface area contributed by atoms with E-state index in [0.29, 0.717) is 6.54 Å². The molecule has 0 aromatic heterocycles. The highest BCUT2D eigenvalue weighted by Gasteiger charge is 2.40. The van der Waals surface area contributed by atoms with Gasteiger partial charge in [0.15, 0.2) is 0 Å². The Labute approximate surface area is 126 Å². The highest BCUT2D eigenvalue weighted by atomic mass is 16.2. The fourth-order valence-electron chi connectivity index (χ4n) is 2.65. The predicted octanol–water partition coefficient (Wildman–Crippen LogP) is 1.08. The molecule has 1 aliphatic heterocycles. The fraction of sp³-hybridized carbons (Fsp3) is 0.471. The number of piperazine rings is 1. The Bertz CT molecular complexity index is 584. The van der Waals surface area contributed by atoms with Gasteiger partial charge in [0.2, 0.25) is 5.91 Å². The van der Waals surface area contributed by atoms with Crippen LogP contribution >= 0.6 is 0 Å². The molecule has 4 nitrogen and oxygen atoms in total. The van der Waals surface area contributed by atoms with E-state index in [0.717, 1.165) is 24.2 Å². The Morgan fingerprint density at radius 2 is 2.00 bits per heavy atom. The van der Waals surface area contributed by atoms with Crippen LogP contribution in [0.15, 0.2) is 24.3 Å². The molecule has 1 heterocycles. The number of rotatable bonds is 2. The van der Waals surface area contributed by atoms with Gasteiger partial charge in [-0.3, -0.25) is 9.69 Å². The number of aliphatic hydroxyl groups is 1. The van der Waals surface area contributed by atoms with Crippen molar-refractivity contribution in [3.05, 3.63) is 35.4 Å². The van der Waals surface area contributed by atoms with E-state index in [-0.39, 0.29) is 12.5 Å². The van der Waals surface area contributed by atoms with E-state index in [1.54, 1.807) is 4.90 Å². The van der Waals surface area contributed by atoms with Gasteiger partial charge in [0.25, 0.3) is 0 Å². The number of hydrogen-bond donors (Lipinski definition) is 1. The molecule has 0 spiro atoms. The Balaban J connectivity index is 2.24.